The number of nitrogens with one attached hydrogen (secondary N) is 2. The number of amides is 2. The Balaban J connectivity index is 3.32. The molecule has 0 aliphatic carbocycles. The molecular weight excluding hydrogens is 252 g/mol. The number of carbonyl (C=O) groups is 2. The Morgan fingerprint density at radius 3 is 2.15 bits per heavy atom. The van der Waals surface area contributed by atoms with Crippen molar-refractivity contribution in [2.75, 3.05) is 13.1 Å². The monoisotopic (exact) mass is 282 g/mol. The molecule has 4 nitrogen and oxygen atoms in total. The van der Waals surface area contributed by atoms with Crippen LogP contribution in [0.3, 0.4) is 0 Å². The highest BCUT2D eigenvalue weighted by molar-refractivity contribution is 5.87. The summed E-state index contributed by atoms with van der Waals surface area (Å²) in [6.07, 6.45) is 9.19. The van der Waals surface area contributed by atoms with E-state index >= 15 is 0 Å². The molecular formula is C16H30N2O2. The van der Waals surface area contributed by atoms with Crippen LogP contribution in [0.25, 0.3) is 0 Å². The van der Waals surface area contributed by atoms with Gasteiger partial charge in [-0.25, -0.2) is 0 Å². The van der Waals surface area contributed by atoms with Crippen LogP contribution in [0.5, 0.6) is 0 Å². The minimum absolute atomic E-state index is 0.00877. The SMILES string of the molecule is CCCC(=O)NCCCCCCNC(=O)/C=C/C(C)C. The summed E-state index contributed by atoms with van der Waals surface area (Å²) in [6, 6.07) is 0. The summed E-state index contributed by atoms with van der Waals surface area (Å²) in [5, 5.41) is 5.77. The zero-order valence-electron chi connectivity index (χ0n) is 13.2. The van der Waals surface area contributed by atoms with E-state index in [-0.39, 0.29) is 11.8 Å². The van der Waals surface area contributed by atoms with Gasteiger partial charge in [0.15, 0.2) is 0 Å². The van der Waals surface area contributed by atoms with Crippen LogP contribution < -0.4 is 10.6 Å². The normalized spacial score (nSPS) is 11.0. The Morgan fingerprint density at radius 2 is 1.60 bits per heavy atom. The smallest absolute Gasteiger partial charge is 0.243 e. The molecule has 116 valence electrons. The van der Waals surface area contributed by atoms with E-state index in [1.807, 2.05) is 26.8 Å². The summed E-state index contributed by atoms with van der Waals surface area (Å²) in [6.45, 7) is 7.59. The summed E-state index contributed by atoms with van der Waals surface area (Å²) in [5.41, 5.74) is 0. The molecule has 20 heavy (non-hydrogen) atoms. The average molecular weight is 282 g/mol. The summed E-state index contributed by atoms with van der Waals surface area (Å²) >= 11 is 0. The van der Waals surface area contributed by atoms with Crippen molar-refractivity contribution >= 4 is 11.8 Å². The largest absolute Gasteiger partial charge is 0.356 e. The van der Waals surface area contributed by atoms with Crippen LogP contribution in [0, 0.1) is 5.92 Å². The quantitative estimate of drug-likeness (QED) is 0.452. The summed E-state index contributed by atoms with van der Waals surface area (Å²) in [7, 11) is 0. The van der Waals surface area contributed by atoms with Gasteiger partial charge in [0.05, 0.1) is 0 Å². The first-order chi connectivity index (χ1) is 9.56. The van der Waals surface area contributed by atoms with Gasteiger partial charge in [-0.15, -0.1) is 0 Å². The first kappa shape index (κ1) is 18.7. The Morgan fingerprint density at radius 1 is 1.00 bits per heavy atom. The number of unbranched alkanes of at least 4 members (excludes halogenated alkanes) is 3. The topological polar surface area (TPSA) is 58.2 Å². The van der Waals surface area contributed by atoms with Crippen molar-refractivity contribution in [2.24, 2.45) is 5.92 Å². The first-order valence-corrected chi connectivity index (χ1v) is 7.79. The second-order valence-electron chi connectivity index (χ2n) is 5.41. The maximum Gasteiger partial charge on any atom is 0.243 e. The van der Waals surface area contributed by atoms with E-state index in [2.05, 4.69) is 10.6 Å². The van der Waals surface area contributed by atoms with Crippen molar-refractivity contribution < 1.29 is 9.59 Å². The Labute approximate surface area is 123 Å². The molecule has 2 N–H and O–H groups in total. The van der Waals surface area contributed by atoms with Gasteiger partial charge in [0.25, 0.3) is 0 Å². The Bertz CT molecular complexity index is 299. The third-order valence-electron chi connectivity index (χ3n) is 2.83. The number of allylic oxidation sites excluding steroid dienone is 1. The van der Waals surface area contributed by atoms with Crippen molar-refractivity contribution in [3.05, 3.63) is 12.2 Å². The molecule has 0 spiro atoms. The lowest BCUT2D eigenvalue weighted by atomic mass is 10.2. The highest BCUT2D eigenvalue weighted by Crippen LogP contribution is 1.98. The highest BCUT2D eigenvalue weighted by Gasteiger charge is 1.98. The van der Waals surface area contributed by atoms with E-state index in [0.717, 1.165) is 45.2 Å². The predicted octanol–water partition coefficient (Wildman–Crippen LogP) is 2.79. The summed E-state index contributed by atoms with van der Waals surface area (Å²) < 4.78 is 0. The fourth-order valence-electron chi connectivity index (χ4n) is 1.70. The van der Waals surface area contributed by atoms with E-state index in [0.29, 0.717) is 12.3 Å². The lowest BCUT2D eigenvalue weighted by molar-refractivity contribution is -0.121. The molecule has 0 rings (SSSR count). The Kier molecular flexibility index (Phi) is 11.9. The van der Waals surface area contributed by atoms with E-state index in [1.54, 1.807) is 6.08 Å². The van der Waals surface area contributed by atoms with Crippen LogP contribution in [0.2, 0.25) is 0 Å². The van der Waals surface area contributed by atoms with Crippen molar-refractivity contribution in [1.82, 2.24) is 10.6 Å². The number of hydrogen-bond donors (Lipinski definition) is 2. The van der Waals surface area contributed by atoms with E-state index in [1.165, 1.54) is 0 Å². The van der Waals surface area contributed by atoms with Gasteiger partial charge in [0.1, 0.15) is 0 Å². The third kappa shape index (κ3) is 13.1. The van der Waals surface area contributed by atoms with Crippen LogP contribution >= 0.6 is 0 Å². The zero-order chi connectivity index (χ0) is 15.2. The molecule has 2 amide bonds. The average Bonchev–Trinajstić information content (AvgIpc) is 2.39. The molecule has 0 radical (unpaired) electrons. The van der Waals surface area contributed by atoms with Crippen molar-refractivity contribution in [2.45, 2.75) is 59.3 Å². The van der Waals surface area contributed by atoms with Crippen LogP contribution in [0.4, 0.5) is 0 Å². The number of rotatable bonds is 11. The summed E-state index contributed by atoms with van der Waals surface area (Å²) in [5.74, 6) is 0.547. The second-order valence-corrected chi connectivity index (χ2v) is 5.41. The molecule has 0 fully saturated rings. The van der Waals surface area contributed by atoms with Gasteiger partial charge < -0.3 is 10.6 Å². The van der Waals surface area contributed by atoms with Crippen molar-refractivity contribution in [3.8, 4) is 0 Å². The van der Waals surface area contributed by atoms with Gasteiger partial charge in [0, 0.05) is 19.5 Å². The van der Waals surface area contributed by atoms with Gasteiger partial charge in [-0.3, -0.25) is 9.59 Å². The van der Waals surface area contributed by atoms with E-state index < -0.39 is 0 Å². The van der Waals surface area contributed by atoms with Crippen LogP contribution in [-0.4, -0.2) is 24.9 Å². The molecule has 0 bridgehead atoms. The summed E-state index contributed by atoms with van der Waals surface area (Å²) in [4.78, 5) is 22.6. The Hall–Kier alpha value is -1.32. The fourth-order valence-corrected chi connectivity index (χ4v) is 1.70. The molecule has 0 aromatic carbocycles. The standard InChI is InChI=1S/C16H30N2O2/c1-4-9-15(19)17-12-7-5-6-8-13-18-16(20)11-10-14(2)3/h10-11,14H,4-9,12-13H2,1-3H3,(H,17,19)(H,18,20)/b11-10+. The molecule has 4 heteroatoms. The molecule has 0 saturated carbocycles. The fraction of sp³-hybridized carbons (Fsp3) is 0.750. The molecule has 0 aliphatic heterocycles. The van der Waals surface area contributed by atoms with Crippen molar-refractivity contribution in [1.29, 1.82) is 0 Å². The lowest BCUT2D eigenvalue weighted by Crippen LogP contribution is -2.24. The maximum atomic E-state index is 11.4. The molecule has 0 aromatic rings. The minimum Gasteiger partial charge on any atom is -0.356 e. The van der Waals surface area contributed by atoms with E-state index in [9.17, 15) is 9.59 Å². The van der Waals surface area contributed by atoms with Gasteiger partial charge in [-0.05, 0) is 31.3 Å². The maximum absolute atomic E-state index is 11.4. The van der Waals surface area contributed by atoms with Crippen LogP contribution in [0.1, 0.15) is 59.3 Å². The van der Waals surface area contributed by atoms with Gasteiger partial charge in [-0.2, -0.15) is 0 Å². The van der Waals surface area contributed by atoms with Gasteiger partial charge >= 0.3 is 0 Å². The van der Waals surface area contributed by atoms with Crippen LogP contribution in [0.15, 0.2) is 12.2 Å². The molecule has 0 heterocycles. The van der Waals surface area contributed by atoms with Crippen LogP contribution in [-0.2, 0) is 9.59 Å². The zero-order valence-corrected chi connectivity index (χ0v) is 13.2. The van der Waals surface area contributed by atoms with Gasteiger partial charge in [-0.1, -0.05) is 39.7 Å². The molecule has 0 atom stereocenters. The first-order valence-electron chi connectivity index (χ1n) is 7.79. The molecule has 0 aliphatic rings. The number of carbonyl (C=O) groups excluding carboxylic acids is 2. The third-order valence-corrected chi connectivity index (χ3v) is 2.83. The van der Waals surface area contributed by atoms with Gasteiger partial charge in [0.2, 0.25) is 11.8 Å². The number of hydrogen-bond acceptors (Lipinski definition) is 2. The second kappa shape index (κ2) is 12.7. The predicted molar refractivity (Wildman–Crippen MR) is 83.4 cm³/mol. The minimum atomic E-state index is -0.00877. The molecule has 0 saturated heterocycles. The van der Waals surface area contributed by atoms with E-state index in [4.69, 9.17) is 0 Å². The lowest BCUT2D eigenvalue weighted by Gasteiger charge is -2.05. The van der Waals surface area contributed by atoms with Crippen molar-refractivity contribution in [3.63, 3.8) is 0 Å². The highest BCUT2D eigenvalue weighted by atomic mass is 16.2. The molecule has 0 aromatic heterocycles. The molecule has 0 unspecified atom stereocenters.